The Bertz CT molecular complexity index is 316. The molecule has 88 valence electrons. The lowest BCUT2D eigenvalue weighted by Gasteiger charge is -2.16. The summed E-state index contributed by atoms with van der Waals surface area (Å²) < 4.78 is 12.7. The summed E-state index contributed by atoms with van der Waals surface area (Å²) in [7, 11) is 0. The summed E-state index contributed by atoms with van der Waals surface area (Å²) >= 11 is 0. The highest BCUT2D eigenvalue weighted by molar-refractivity contribution is 5.16. The van der Waals surface area contributed by atoms with Crippen LogP contribution in [0.2, 0.25) is 0 Å². The van der Waals surface area contributed by atoms with Crippen LogP contribution >= 0.6 is 0 Å². The minimum atomic E-state index is -0.144. The van der Waals surface area contributed by atoms with Gasteiger partial charge in [0.15, 0.2) is 0 Å². The molecule has 1 unspecified atom stereocenters. The van der Waals surface area contributed by atoms with Gasteiger partial charge in [-0.2, -0.15) is 0 Å². The zero-order valence-electron chi connectivity index (χ0n) is 9.88. The van der Waals surface area contributed by atoms with Crippen molar-refractivity contribution in [3.63, 3.8) is 0 Å². The van der Waals surface area contributed by atoms with Gasteiger partial charge >= 0.3 is 0 Å². The van der Waals surface area contributed by atoms with Crippen molar-refractivity contribution in [3.8, 4) is 0 Å². The molecular weight excluding hydrogens is 201 g/mol. The highest BCUT2D eigenvalue weighted by Gasteiger charge is 2.29. The third-order valence-corrected chi connectivity index (χ3v) is 3.31. The Morgan fingerprint density at radius 3 is 2.56 bits per heavy atom. The third-order valence-electron chi connectivity index (χ3n) is 3.31. The van der Waals surface area contributed by atoms with Gasteiger partial charge in [-0.25, -0.2) is 4.39 Å². The van der Waals surface area contributed by atoms with E-state index >= 15 is 0 Å². The number of nitrogens with one attached hydrogen (secondary N) is 1. The fourth-order valence-corrected chi connectivity index (χ4v) is 2.24. The van der Waals surface area contributed by atoms with Crippen molar-refractivity contribution >= 4 is 0 Å². The molecular formula is C14H20FN. The van der Waals surface area contributed by atoms with E-state index in [1.807, 2.05) is 12.1 Å². The zero-order chi connectivity index (χ0) is 11.4. The highest BCUT2D eigenvalue weighted by Crippen LogP contribution is 2.34. The first-order valence-electron chi connectivity index (χ1n) is 6.27. The average Bonchev–Trinajstić information content (AvgIpc) is 3.10. The molecule has 1 aromatic rings. The Labute approximate surface area is 97.1 Å². The van der Waals surface area contributed by atoms with Crippen LogP contribution in [0.3, 0.4) is 0 Å². The van der Waals surface area contributed by atoms with Gasteiger partial charge in [0.2, 0.25) is 0 Å². The molecule has 0 radical (unpaired) electrons. The molecule has 0 aromatic heterocycles. The van der Waals surface area contributed by atoms with Crippen LogP contribution in [0.15, 0.2) is 24.3 Å². The molecule has 1 aliphatic rings. The molecule has 0 heterocycles. The molecule has 0 bridgehead atoms. The van der Waals surface area contributed by atoms with Crippen LogP contribution in [0.5, 0.6) is 0 Å². The van der Waals surface area contributed by atoms with Crippen LogP contribution < -0.4 is 5.32 Å². The van der Waals surface area contributed by atoms with Gasteiger partial charge in [-0.3, -0.25) is 0 Å². The van der Waals surface area contributed by atoms with Gasteiger partial charge in [0, 0.05) is 6.04 Å². The van der Waals surface area contributed by atoms with Crippen LogP contribution in [0.25, 0.3) is 0 Å². The zero-order valence-corrected chi connectivity index (χ0v) is 9.88. The quantitative estimate of drug-likeness (QED) is 0.778. The molecule has 1 aliphatic carbocycles. The van der Waals surface area contributed by atoms with Crippen LogP contribution in [-0.2, 0) is 6.42 Å². The molecule has 1 nitrogen and oxygen atoms in total. The van der Waals surface area contributed by atoms with Crippen LogP contribution in [0.4, 0.5) is 4.39 Å². The molecule has 0 spiro atoms. The Balaban J connectivity index is 1.82. The minimum Gasteiger partial charge on any atom is -0.314 e. The summed E-state index contributed by atoms with van der Waals surface area (Å²) in [5.74, 6) is 0.745. The monoisotopic (exact) mass is 221 g/mol. The number of hydrogen-bond acceptors (Lipinski definition) is 1. The number of halogens is 1. The van der Waals surface area contributed by atoms with Crippen molar-refractivity contribution in [2.45, 2.75) is 38.6 Å². The predicted molar refractivity (Wildman–Crippen MR) is 64.9 cm³/mol. The largest absolute Gasteiger partial charge is 0.314 e. The molecule has 0 amide bonds. The van der Waals surface area contributed by atoms with E-state index in [-0.39, 0.29) is 5.82 Å². The topological polar surface area (TPSA) is 12.0 Å². The van der Waals surface area contributed by atoms with E-state index in [0.717, 1.165) is 18.9 Å². The standard InChI is InChI=1S/C14H20FN/c1-2-16-14(12-6-7-12)10-5-11-3-8-13(15)9-4-11/h3-4,8-9,12,14,16H,2,5-7,10H2,1H3. The summed E-state index contributed by atoms with van der Waals surface area (Å²) in [5.41, 5.74) is 1.24. The molecule has 1 aromatic carbocycles. The van der Waals surface area contributed by atoms with E-state index in [2.05, 4.69) is 12.2 Å². The fourth-order valence-electron chi connectivity index (χ4n) is 2.24. The lowest BCUT2D eigenvalue weighted by Crippen LogP contribution is -2.31. The van der Waals surface area contributed by atoms with E-state index in [4.69, 9.17) is 0 Å². The molecule has 2 heteroatoms. The van der Waals surface area contributed by atoms with Crippen molar-refractivity contribution in [3.05, 3.63) is 35.6 Å². The Hall–Kier alpha value is -0.890. The Morgan fingerprint density at radius 2 is 2.00 bits per heavy atom. The summed E-state index contributed by atoms with van der Waals surface area (Å²) in [5, 5.41) is 3.55. The molecule has 1 atom stereocenters. The molecule has 0 saturated heterocycles. The fraction of sp³-hybridized carbons (Fsp3) is 0.571. The molecule has 1 saturated carbocycles. The second kappa shape index (κ2) is 5.44. The van der Waals surface area contributed by atoms with Gasteiger partial charge in [0.05, 0.1) is 0 Å². The smallest absolute Gasteiger partial charge is 0.123 e. The van der Waals surface area contributed by atoms with E-state index < -0.39 is 0 Å². The van der Waals surface area contributed by atoms with Crippen molar-refractivity contribution < 1.29 is 4.39 Å². The molecule has 0 aliphatic heterocycles. The van der Waals surface area contributed by atoms with E-state index in [1.54, 1.807) is 12.1 Å². The van der Waals surface area contributed by atoms with Gasteiger partial charge in [-0.05, 0) is 55.8 Å². The van der Waals surface area contributed by atoms with Crippen LogP contribution in [0.1, 0.15) is 31.7 Å². The number of aryl methyl sites for hydroxylation is 1. The van der Waals surface area contributed by atoms with Crippen LogP contribution in [0, 0.1) is 11.7 Å². The maximum absolute atomic E-state index is 12.7. The summed E-state index contributed by atoms with van der Waals surface area (Å²) in [6.07, 6.45) is 4.97. The van der Waals surface area contributed by atoms with Crippen molar-refractivity contribution in [2.75, 3.05) is 6.54 Å². The lowest BCUT2D eigenvalue weighted by atomic mass is 10.0. The first-order chi connectivity index (χ1) is 7.79. The predicted octanol–water partition coefficient (Wildman–Crippen LogP) is 3.15. The Kier molecular flexibility index (Phi) is 3.94. The summed E-state index contributed by atoms with van der Waals surface area (Å²) in [4.78, 5) is 0. The average molecular weight is 221 g/mol. The first kappa shape index (κ1) is 11.6. The molecule has 1 fully saturated rings. The number of rotatable bonds is 6. The Morgan fingerprint density at radius 1 is 1.31 bits per heavy atom. The normalized spacial score (nSPS) is 17.4. The number of benzene rings is 1. The highest BCUT2D eigenvalue weighted by atomic mass is 19.1. The van der Waals surface area contributed by atoms with Gasteiger partial charge in [-0.1, -0.05) is 19.1 Å². The minimum absolute atomic E-state index is 0.144. The van der Waals surface area contributed by atoms with Crippen molar-refractivity contribution in [1.29, 1.82) is 0 Å². The maximum atomic E-state index is 12.7. The molecule has 2 rings (SSSR count). The number of hydrogen-bond donors (Lipinski definition) is 1. The summed E-state index contributed by atoms with van der Waals surface area (Å²) in [6, 6.07) is 7.55. The van der Waals surface area contributed by atoms with E-state index in [1.165, 1.54) is 24.8 Å². The van der Waals surface area contributed by atoms with Gasteiger partial charge < -0.3 is 5.32 Å². The second-order valence-corrected chi connectivity index (χ2v) is 4.67. The third kappa shape index (κ3) is 3.31. The van der Waals surface area contributed by atoms with Gasteiger partial charge in [-0.15, -0.1) is 0 Å². The first-order valence-corrected chi connectivity index (χ1v) is 6.27. The van der Waals surface area contributed by atoms with E-state index in [9.17, 15) is 4.39 Å². The maximum Gasteiger partial charge on any atom is 0.123 e. The van der Waals surface area contributed by atoms with Crippen molar-refractivity contribution in [2.24, 2.45) is 5.92 Å². The van der Waals surface area contributed by atoms with Crippen molar-refractivity contribution in [1.82, 2.24) is 5.32 Å². The SMILES string of the molecule is CCNC(CCc1ccc(F)cc1)C1CC1. The molecule has 16 heavy (non-hydrogen) atoms. The van der Waals surface area contributed by atoms with Gasteiger partial charge in [0.25, 0.3) is 0 Å². The van der Waals surface area contributed by atoms with Gasteiger partial charge in [0.1, 0.15) is 5.82 Å². The second-order valence-electron chi connectivity index (χ2n) is 4.67. The summed E-state index contributed by atoms with van der Waals surface area (Å²) in [6.45, 7) is 3.21. The molecule has 1 N–H and O–H groups in total. The van der Waals surface area contributed by atoms with Crippen LogP contribution in [-0.4, -0.2) is 12.6 Å². The van der Waals surface area contributed by atoms with E-state index in [0.29, 0.717) is 6.04 Å². The lowest BCUT2D eigenvalue weighted by molar-refractivity contribution is 0.446.